The fraction of sp³-hybridized carbons (Fsp3) is 0.633. The average Bonchev–Trinajstić information content (AvgIpc) is 3.96. The molecule has 24 nitrogen and oxygen atoms in total. The Morgan fingerprint density at radius 2 is 1.38 bits per heavy atom. The van der Waals surface area contributed by atoms with Crippen molar-refractivity contribution >= 4 is 69.1 Å². The molecule has 1 aliphatic heterocycles. The maximum absolute atomic E-state index is 12.8. The Hall–Kier alpha value is -3.74. The number of anilines is 1. The van der Waals surface area contributed by atoms with Gasteiger partial charge in [0.2, 0.25) is 16.9 Å². The summed E-state index contributed by atoms with van der Waals surface area (Å²) in [6.45, 7) is 2.73. The van der Waals surface area contributed by atoms with E-state index in [2.05, 4.69) is 90.0 Å². The number of ether oxygens (including phenoxy) is 1. The summed E-state index contributed by atoms with van der Waals surface area (Å²) in [5.41, 5.74) is 4.28. The van der Waals surface area contributed by atoms with Crippen LogP contribution in [-0.2, 0) is 50.7 Å². The molecule has 77 heavy (non-hydrogen) atoms. The molecule has 2 aromatic heterocycles. The molecule has 28 heteroatoms. The molecular weight excluding hydrogens is 1080 g/mol. The molecule has 2 aromatic rings. The highest BCUT2D eigenvalue weighted by Crippen LogP contribution is 2.61. The van der Waals surface area contributed by atoms with Gasteiger partial charge < -0.3 is 50.9 Å². The minimum Gasteiger partial charge on any atom is -0.386 e. The maximum atomic E-state index is 12.8. The van der Waals surface area contributed by atoms with E-state index < -0.39 is 84.6 Å². The summed E-state index contributed by atoms with van der Waals surface area (Å²) in [5, 5.41) is 26.5. The van der Waals surface area contributed by atoms with Gasteiger partial charge in [0.1, 0.15) is 36.3 Å². The zero-order valence-electron chi connectivity index (χ0n) is 44.2. The predicted molar refractivity (Wildman–Crippen MR) is 292 cm³/mol. The number of hydrogen-bond donors (Lipinski definition) is 9. The van der Waals surface area contributed by atoms with Gasteiger partial charge in [-0.05, 0) is 63.9 Å². The number of phosphoric ester groups is 3. The van der Waals surface area contributed by atoms with Crippen molar-refractivity contribution in [3.05, 3.63) is 73.4 Å². The van der Waals surface area contributed by atoms with Gasteiger partial charge in [0.15, 0.2) is 17.7 Å². The highest BCUT2D eigenvalue weighted by molar-refractivity contribution is 8.14. The Balaban J connectivity index is 1.22. The number of nitrogens with one attached hydrogen (secondary N) is 2. The number of rotatable bonds is 40. The average molecular weight is 1160 g/mol. The first-order valence-electron chi connectivity index (χ1n) is 25.9. The highest BCUT2D eigenvalue weighted by Gasteiger charge is 2.50. The molecule has 434 valence electrons. The van der Waals surface area contributed by atoms with Crippen LogP contribution in [0.25, 0.3) is 11.2 Å². The van der Waals surface area contributed by atoms with E-state index in [9.17, 15) is 57.9 Å². The molecule has 0 bridgehead atoms. The van der Waals surface area contributed by atoms with Gasteiger partial charge in [-0.2, -0.15) is 4.31 Å². The Labute approximate surface area is 455 Å². The summed E-state index contributed by atoms with van der Waals surface area (Å²) in [6, 6.07) is 0. The van der Waals surface area contributed by atoms with Gasteiger partial charge in [-0.15, -0.1) is 0 Å². The van der Waals surface area contributed by atoms with Crippen LogP contribution in [-0.4, -0.2) is 123 Å². The molecule has 1 saturated heterocycles. The van der Waals surface area contributed by atoms with E-state index in [4.69, 9.17) is 19.5 Å². The van der Waals surface area contributed by atoms with Crippen molar-refractivity contribution in [1.82, 2.24) is 30.2 Å². The van der Waals surface area contributed by atoms with Crippen molar-refractivity contribution in [2.45, 2.75) is 161 Å². The lowest BCUT2D eigenvalue weighted by Crippen LogP contribution is -2.46. The van der Waals surface area contributed by atoms with E-state index >= 15 is 0 Å². The minimum atomic E-state index is -5.58. The number of carbonyl (C=O) groups is 3. The van der Waals surface area contributed by atoms with Gasteiger partial charge in [0.05, 0.1) is 19.5 Å². The molecule has 0 aromatic carbocycles. The number of aliphatic hydroxyl groups is 2. The molecule has 0 saturated carbocycles. The Morgan fingerprint density at radius 3 is 1.99 bits per heavy atom. The molecule has 1 fully saturated rings. The van der Waals surface area contributed by atoms with E-state index in [-0.39, 0.29) is 41.6 Å². The van der Waals surface area contributed by atoms with Gasteiger partial charge >= 0.3 is 23.5 Å². The molecule has 0 aliphatic carbocycles. The number of allylic oxidation sites excluding steroid dienone is 9. The number of unbranched alkanes of at least 4 members (excludes halogenated alkanes) is 11. The van der Waals surface area contributed by atoms with Crippen molar-refractivity contribution in [1.29, 1.82) is 0 Å². The van der Waals surface area contributed by atoms with Crippen molar-refractivity contribution in [2.75, 3.05) is 37.8 Å². The number of aromatic nitrogens is 4. The van der Waals surface area contributed by atoms with Gasteiger partial charge in [-0.3, -0.25) is 32.5 Å². The number of thioether (sulfide) groups is 1. The number of nitrogen functional groups attached to an aromatic ring is 1. The number of hydrogen-bond acceptors (Lipinski definition) is 18. The molecule has 0 radical (unpaired) electrons. The molecule has 3 rings (SSSR count). The summed E-state index contributed by atoms with van der Waals surface area (Å²) in [4.78, 5) is 88.5. The number of amides is 2. The van der Waals surface area contributed by atoms with E-state index in [1.165, 1.54) is 71.6 Å². The molecule has 2 amide bonds. The van der Waals surface area contributed by atoms with E-state index in [1.807, 2.05) is 6.08 Å². The normalized spacial score (nSPS) is 19.5. The smallest absolute Gasteiger partial charge is 0.386 e. The monoisotopic (exact) mass is 1160 g/mol. The fourth-order valence-electron chi connectivity index (χ4n) is 7.48. The zero-order chi connectivity index (χ0) is 56.7. The largest absolute Gasteiger partial charge is 0.481 e. The molecule has 10 N–H and O–H groups in total. The Bertz CT molecular complexity index is 2420. The van der Waals surface area contributed by atoms with Crippen LogP contribution >= 0.6 is 35.2 Å². The second-order valence-corrected chi connectivity index (χ2v) is 24.1. The number of nitrogens with zero attached hydrogens (tertiary/aromatic N) is 4. The number of nitrogens with two attached hydrogens (primary N) is 1. The fourth-order valence-corrected chi connectivity index (χ4v) is 10.9. The molecule has 0 spiro atoms. The quantitative estimate of drug-likeness (QED) is 0.0133. The van der Waals surface area contributed by atoms with Crippen molar-refractivity contribution in [3.8, 4) is 0 Å². The van der Waals surface area contributed by atoms with Crippen LogP contribution in [0.4, 0.5) is 5.82 Å². The van der Waals surface area contributed by atoms with Gasteiger partial charge in [0.25, 0.3) is 0 Å². The predicted octanol–water partition coefficient (Wildman–Crippen LogP) is 7.71. The van der Waals surface area contributed by atoms with Crippen molar-refractivity contribution in [3.63, 3.8) is 0 Å². The molecular formula is C49H80N7O17P3S. The summed E-state index contributed by atoms with van der Waals surface area (Å²) >= 11 is 1.06. The van der Waals surface area contributed by atoms with Gasteiger partial charge in [-0.1, -0.05) is 132 Å². The van der Waals surface area contributed by atoms with Crippen molar-refractivity contribution in [2.24, 2.45) is 5.41 Å². The second kappa shape index (κ2) is 35.8. The summed E-state index contributed by atoms with van der Waals surface area (Å²) in [7, 11) is -16.4. The Morgan fingerprint density at radius 1 is 0.805 bits per heavy atom. The number of phosphoric acid groups is 3. The SMILES string of the molecule is CCCCC/C=C\C/C=C\C/C=C\C/C=C\CCCCCCCCC/C=C/C(=O)SCCNC(=O)CCNC(=O)[C@H](O)C(C)(C)COP(=O)(O)OP(=O)(O)OC[C@H]1O[C@@H](n2cnc3c(N)ncnc32)[C@H](O)[C@@H]1OP(=O)(O)O. The third kappa shape index (κ3) is 27.8. The van der Waals surface area contributed by atoms with Crippen LogP contribution in [0, 0.1) is 5.41 Å². The third-order valence-corrected chi connectivity index (χ3v) is 15.6. The molecule has 3 heterocycles. The van der Waals surface area contributed by atoms with Crippen LogP contribution in [0.3, 0.4) is 0 Å². The first-order valence-corrected chi connectivity index (χ1v) is 31.4. The first kappa shape index (κ1) is 67.5. The molecule has 2 unspecified atom stereocenters. The van der Waals surface area contributed by atoms with E-state index in [0.29, 0.717) is 5.75 Å². The number of imidazole rings is 1. The first-order chi connectivity index (χ1) is 36.6. The van der Waals surface area contributed by atoms with Gasteiger partial charge in [0, 0.05) is 30.7 Å². The van der Waals surface area contributed by atoms with Gasteiger partial charge in [-0.25, -0.2) is 28.6 Å². The number of aliphatic hydroxyl groups excluding tert-OH is 2. The number of carbonyl (C=O) groups excluding carboxylic acids is 3. The molecule has 1 aliphatic rings. The summed E-state index contributed by atoms with van der Waals surface area (Å²) in [5.74, 6) is -1.12. The van der Waals surface area contributed by atoms with Crippen LogP contribution in [0.15, 0.2) is 73.4 Å². The lowest BCUT2D eigenvalue weighted by atomic mass is 9.87. The van der Waals surface area contributed by atoms with E-state index in [1.54, 1.807) is 6.08 Å². The Kier molecular flexibility index (Phi) is 31.4. The topological polar surface area (TPSA) is 364 Å². The summed E-state index contributed by atoms with van der Waals surface area (Å²) in [6.07, 6.45) is 32.6. The lowest BCUT2D eigenvalue weighted by Gasteiger charge is -2.30. The van der Waals surface area contributed by atoms with Crippen LogP contribution < -0.4 is 16.4 Å². The standard InChI is InChI=1S/C49H80N7O17P3S/c1-4-5-6-7-8-9-10-11-12-13-14-15-16-17-18-19-20-21-22-23-24-25-26-27-28-29-40(58)77-33-32-51-39(57)30-31-52-47(61)44(60)49(2,3)35-70-76(67,68)73-75(65,66)69-34-38-43(72-74(62,63)64)42(59)48(71-38)56-37-55-41-45(50)53-36-54-46(41)56/h8-9,11-12,14-15,17-18,28-29,36-38,42-44,48,59-60H,4-7,10,13,16,19-27,30-35H2,1-3H3,(H,51,57)(H,52,61)(H,65,66)(H,67,68)(H2,50,53,54)(H2,62,63,64)/b9-8-,12-11-,15-14-,18-17-,29-28+/t38-,42-,43-,44+,48-/m1/s1. The second-order valence-electron chi connectivity index (χ2n) is 18.8. The molecule has 7 atom stereocenters. The minimum absolute atomic E-state index is 0.0309. The van der Waals surface area contributed by atoms with Crippen LogP contribution in [0.1, 0.15) is 136 Å². The summed E-state index contributed by atoms with van der Waals surface area (Å²) < 4.78 is 62.5. The van der Waals surface area contributed by atoms with Crippen molar-refractivity contribution < 1.29 is 80.5 Å². The van der Waals surface area contributed by atoms with Crippen LogP contribution in [0.5, 0.6) is 0 Å². The highest BCUT2D eigenvalue weighted by atomic mass is 32.2. The maximum Gasteiger partial charge on any atom is 0.481 e. The van der Waals surface area contributed by atoms with E-state index in [0.717, 1.165) is 73.9 Å². The lowest BCUT2D eigenvalue weighted by molar-refractivity contribution is -0.137. The zero-order valence-corrected chi connectivity index (χ0v) is 47.7. The van der Waals surface area contributed by atoms with Crippen LogP contribution in [0.2, 0.25) is 0 Å². The third-order valence-electron chi connectivity index (χ3n) is 11.7. The number of fused-ring (bicyclic) bond motifs is 1.